The monoisotopic (exact) mass is 488 g/mol. The van der Waals surface area contributed by atoms with E-state index in [4.69, 9.17) is 31.5 Å². The topological polar surface area (TPSA) is 94.6 Å². The highest BCUT2D eigenvalue weighted by Crippen LogP contribution is 2.43. The van der Waals surface area contributed by atoms with Gasteiger partial charge in [0.2, 0.25) is 5.88 Å². The molecule has 0 amide bonds. The van der Waals surface area contributed by atoms with Gasteiger partial charge in [0.1, 0.15) is 28.9 Å². The third-order valence-corrected chi connectivity index (χ3v) is 6.06. The van der Waals surface area contributed by atoms with E-state index in [9.17, 15) is 10.1 Å². The minimum atomic E-state index is -0.825. The van der Waals surface area contributed by atoms with Crippen LogP contribution in [0.2, 0.25) is 5.02 Å². The molecule has 3 aromatic rings. The fraction of sp³-hybridized carbons (Fsp3) is 0.214. The molecule has 2 unspecified atom stereocenters. The molecule has 0 saturated carbocycles. The number of carbonyl (C=O) groups excluding carboxylic acids is 1. The summed E-state index contributed by atoms with van der Waals surface area (Å²) in [6, 6.07) is 22.0. The highest BCUT2D eigenvalue weighted by atomic mass is 35.5. The van der Waals surface area contributed by atoms with Crippen molar-refractivity contribution in [3.8, 4) is 23.3 Å². The second kappa shape index (κ2) is 10.1. The molecular weight excluding hydrogens is 464 g/mol. The molecule has 6 nitrogen and oxygen atoms in total. The molecule has 0 spiro atoms. The van der Waals surface area contributed by atoms with Crippen molar-refractivity contribution in [3.05, 3.63) is 99.9 Å². The number of nitriles is 1. The molecule has 0 saturated heterocycles. The van der Waals surface area contributed by atoms with Crippen LogP contribution < -0.4 is 19.9 Å². The summed E-state index contributed by atoms with van der Waals surface area (Å²) >= 11 is 6.03. The first-order valence-electron chi connectivity index (χ1n) is 11.2. The zero-order chi connectivity index (χ0) is 25.1. The van der Waals surface area contributed by atoms with Gasteiger partial charge < -0.3 is 19.9 Å². The average Bonchev–Trinajstić information content (AvgIpc) is 2.84. The van der Waals surface area contributed by atoms with Crippen LogP contribution >= 0.6 is 11.6 Å². The van der Waals surface area contributed by atoms with Gasteiger partial charge in [0, 0.05) is 16.7 Å². The van der Waals surface area contributed by atoms with E-state index >= 15 is 0 Å². The number of ether oxygens (including phenoxy) is 3. The minimum absolute atomic E-state index is 0.00460. The van der Waals surface area contributed by atoms with Crippen molar-refractivity contribution in [2.24, 2.45) is 5.73 Å². The van der Waals surface area contributed by atoms with Crippen molar-refractivity contribution in [1.82, 2.24) is 0 Å². The number of nitrogens with zero attached hydrogens (tertiary/aromatic N) is 1. The number of halogens is 1. The van der Waals surface area contributed by atoms with Crippen LogP contribution in [0.3, 0.4) is 0 Å². The third kappa shape index (κ3) is 5.26. The Bertz CT molecular complexity index is 1310. The largest absolute Gasteiger partial charge is 0.479 e. The molecule has 0 bridgehead atoms. The smallest absolute Gasteiger partial charge is 0.352 e. The Labute approximate surface area is 209 Å². The summed E-state index contributed by atoms with van der Waals surface area (Å²) in [5.41, 5.74) is 9.12. The molecule has 178 valence electrons. The number of esters is 1. The summed E-state index contributed by atoms with van der Waals surface area (Å²) in [7, 11) is 0. The minimum Gasteiger partial charge on any atom is -0.479 e. The van der Waals surface area contributed by atoms with Gasteiger partial charge in [0.05, 0.1) is 5.92 Å². The number of allylic oxidation sites excluding steroid dienone is 1. The summed E-state index contributed by atoms with van der Waals surface area (Å²) < 4.78 is 17.0. The third-order valence-electron chi connectivity index (χ3n) is 5.80. The molecule has 7 heteroatoms. The fourth-order valence-electron chi connectivity index (χ4n) is 3.88. The van der Waals surface area contributed by atoms with Crippen molar-refractivity contribution in [3.63, 3.8) is 0 Å². The maximum Gasteiger partial charge on any atom is 0.352 e. The van der Waals surface area contributed by atoms with E-state index in [0.717, 1.165) is 11.1 Å². The number of hydrogen-bond acceptors (Lipinski definition) is 6. The molecule has 1 aliphatic heterocycles. The Morgan fingerprint density at radius 2 is 1.69 bits per heavy atom. The van der Waals surface area contributed by atoms with Gasteiger partial charge in [0.25, 0.3) is 0 Å². The lowest BCUT2D eigenvalue weighted by molar-refractivity contribution is -0.141. The van der Waals surface area contributed by atoms with E-state index in [2.05, 4.69) is 19.9 Å². The van der Waals surface area contributed by atoms with E-state index in [-0.39, 0.29) is 11.6 Å². The molecule has 35 heavy (non-hydrogen) atoms. The van der Waals surface area contributed by atoms with Crippen LogP contribution in [0.25, 0.3) is 0 Å². The number of nitrogens with two attached hydrogens (primary N) is 1. The van der Waals surface area contributed by atoms with Crippen molar-refractivity contribution < 1.29 is 19.0 Å². The molecule has 2 atom stereocenters. The van der Waals surface area contributed by atoms with Gasteiger partial charge >= 0.3 is 5.97 Å². The summed E-state index contributed by atoms with van der Waals surface area (Å²) in [6.07, 6.45) is -0.825. The zero-order valence-electron chi connectivity index (χ0n) is 19.6. The maximum absolute atomic E-state index is 12.7. The summed E-state index contributed by atoms with van der Waals surface area (Å²) in [5, 5.41) is 10.3. The van der Waals surface area contributed by atoms with E-state index in [0.29, 0.717) is 28.0 Å². The van der Waals surface area contributed by atoms with Crippen LogP contribution in [0.5, 0.6) is 17.2 Å². The quantitative estimate of drug-likeness (QED) is 0.335. The predicted octanol–water partition coefficient (Wildman–Crippen LogP) is 6.05. The standard InChI is InChI=1S/C28H25ClN2O4/c1-16(2)18-6-10-21(11-7-18)33-17(3)28(32)34-22-12-13-23-25(14-22)35-27(31)24(15-30)26(23)19-4-8-20(29)9-5-19/h4-14,16-17,26H,31H2,1-3H3. The summed E-state index contributed by atoms with van der Waals surface area (Å²) in [4.78, 5) is 12.7. The van der Waals surface area contributed by atoms with Gasteiger partial charge in [-0.2, -0.15) is 5.26 Å². The molecule has 1 heterocycles. The first-order chi connectivity index (χ1) is 16.8. The van der Waals surface area contributed by atoms with E-state index in [1.54, 1.807) is 37.3 Å². The van der Waals surface area contributed by atoms with Crippen molar-refractivity contribution in [2.45, 2.75) is 38.7 Å². The van der Waals surface area contributed by atoms with Gasteiger partial charge in [-0.1, -0.05) is 55.8 Å². The lowest BCUT2D eigenvalue weighted by atomic mass is 9.83. The molecule has 1 aliphatic rings. The molecule has 2 N–H and O–H groups in total. The molecule has 0 radical (unpaired) electrons. The molecule has 3 aromatic carbocycles. The van der Waals surface area contributed by atoms with Crippen molar-refractivity contribution in [2.75, 3.05) is 0 Å². The molecular formula is C28H25ClN2O4. The number of benzene rings is 3. The van der Waals surface area contributed by atoms with Gasteiger partial charge in [-0.25, -0.2) is 4.79 Å². The number of fused-ring (bicyclic) bond motifs is 1. The molecule has 4 rings (SSSR count). The predicted molar refractivity (Wildman–Crippen MR) is 133 cm³/mol. The fourth-order valence-corrected chi connectivity index (χ4v) is 4.01. The first kappa shape index (κ1) is 24.2. The Morgan fingerprint density at radius 3 is 2.31 bits per heavy atom. The lowest BCUT2D eigenvalue weighted by Gasteiger charge is -2.26. The van der Waals surface area contributed by atoms with Crippen LogP contribution in [0.1, 0.15) is 49.3 Å². The Balaban J connectivity index is 1.52. The second-order valence-corrected chi connectivity index (χ2v) is 9.02. The first-order valence-corrected chi connectivity index (χ1v) is 11.6. The number of carbonyl (C=O) groups is 1. The van der Waals surface area contributed by atoms with Crippen LogP contribution in [-0.4, -0.2) is 12.1 Å². The van der Waals surface area contributed by atoms with Gasteiger partial charge in [-0.05, 0) is 54.3 Å². The van der Waals surface area contributed by atoms with Crippen molar-refractivity contribution >= 4 is 17.6 Å². The van der Waals surface area contributed by atoms with E-state index < -0.39 is 18.0 Å². The van der Waals surface area contributed by atoms with Crippen LogP contribution in [0.15, 0.2) is 78.2 Å². The SMILES string of the molecule is CC(Oc1ccc(C(C)C)cc1)C(=O)Oc1ccc2c(c1)OC(N)=C(C#N)C2c1ccc(Cl)cc1. The highest BCUT2D eigenvalue weighted by molar-refractivity contribution is 6.30. The lowest BCUT2D eigenvalue weighted by Crippen LogP contribution is -2.28. The average molecular weight is 489 g/mol. The summed E-state index contributed by atoms with van der Waals surface area (Å²) in [6.45, 7) is 5.85. The Kier molecular flexibility index (Phi) is 6.99. The maximum atomic E-state index is 12.7. The molecule has 0 aliphatic carbocycles. The van der Waals surface area contributed by atoms with Gasteiger partial charge in [-0.3, -0.25) is 0 Å². The van der Waals surface area contributed by atoms with Crippen LogP contribution in [0, 0.1) is 11.3 Å². The normalized spacial score (nSPS) is 15.6. The Morgan fingerprint density at radius 1 is 1.03 bits per heavy atom. The zero-order valence-corrected chi connectivity index (χ0v) is 20.4. The Hall–Kier alpha value is -3.95. The van der Waals surface area contributed by atoms with E-state index in [1.807, 2.05) is 36.4 Å². The highest BCUT2D eigenvalue weighted by Gasteiger charge is 2.31. The second-order valence-electron chi connectivity index (χ2n) is 8.58. The van der Waals surface area contributed by atoms with E-state index in [1.165, 1.54) is 5.56 Å². The summed E-state index contributed by atoms with van der Waals surface area (Å²) in [5.74, 6) is 0.702. The van der Waals surface area contributed by atoms with Gasteiger partial charge in [-0.15, -0.1) is 0 Å². The van der Waals surface area contributed by atoms with Crippen molar-refractivity contribution in [1.29, 1.82) is 5.26 Å². The molecule has 0 aromatic heterocycles. The van der Waals surface area contributed by atoms with Crippen LogP contribution in [0.4, 0.5) is 0 Å². The number of hydrogen-bond donors (Lipinski definition) is 1. The molecule has 0 fully saturated rings. The van der Waals surface area contributed by atoms with Gasteiger partial charge in [0.15, 0.2) is 6.10 Å². The van der Waals surface area contributed by atoms with Crippen LogP contribution in [-0.2, 0) is 4.79 Å². The number of rotatable bonds is 6.